The molecule has 5 heterocycles. The molecule has 0 amide bonds. The molecule has 0 aliphatic carbocycles. The molecular weight excluding hydrogens is 597 g/mol. The van der Waals surface area contributed by atoms with Crippen molar-refractivity contribution < 1.29 is 18.9 Å². The van der Waals surface area contributed by atoms with Crippen molar-refractivity contribution in [2.24, 2.45) is 0 Å². The van der Waals surface area contributed by atoms with E-state index in [-0.39, 0.29) is 24.5 Å². The minimum Gasteiger partial charge on any atom is -0.480 e. The number of nitrogens with one attached hydrogen (secondary N) is 1. The van der Waals surface area contributed by atoms with Crippen LogP contribution in [0.2, 0.25) is 5.02 Å². The summed E-state index contributed by atoms with van der Waals surface area (Å²) in [5, 5.41) is 2.43. The molecule has 4 atom stereocenters. The summed E-state index contributed by atoms with van der Waals surface area (Å²) in [4.78, 5) is 13.3. The van der Waals surface area contributed by atoms with Crippen LogP contribution in [0, 0.1) is 0 Å². The first-order valence-corrected chi connectivity index (χ1v) is 13.1. The lowest BCUT2D eigenvalue weighted by Gasteiger charge is -2.25. The highest BCUT2D eigenvalue weighted by Gasteiger charge is 2.55. The standard InChI is InChI=1S/C25H25ClIN5O4/c1-25(2)35-19-18(7-5-13-4-6-14-11-16(26)21(31-27)30-17(14)10-13)34-24(20(19)36-25)32-9-8-15-22(32)28-12-29-23(15)33-3/h4,6,8-12,18-20,24H,5,7H2,1-3H3,(H,30,31)/t18-,19-,20-,24-/m1/s1. The van der Waals surface area contributed by atoms with E-state index in [4.69, 9.17) is 30.5 Å². The molecule has 0 spiro atoms. The number of benzene rings is 1. The lowest BCUT2D eigenvalue weighted by Crippen LogP contribution is -2.29. The molecule has 1 N–H and O–H groups in total. The van der Waals surface area contributed by atoms with Crippen LogP contribution in [0.1, 0.15) is 32.1 Å². The second kappa shape index (κ2) is 9.25. The number of rotatable bonds is 6. The Morgan fingerprint density at radius 1 is 1.17 bits per heavy atom. The highest BCUT2D eigenvalue weighted by atomic mass is 127. The monoisotopic (exact) mass is 621 g/mol. The van der Waals surface area contributed by atoms with E-state index >= 15 is 0 Å². The molecule has 6 rings (SSSR count). The lowest BCUT2D eigenvalue weighted by molar-refractivity contribution is -0.196. The third kappa shape index (κ3) is 4.18. The van der Waals surface area contributed by atoms with Gasteiger partial charge in [0.2, 0.25) is 5.88 Å². The SMILES string of the molecule is COc1ncnc2c1ccn2[C@@H]1O[C@H](CCc2ccc3cc(Cl)c(NI)nc3c2)[C@H]2OC(C)(C)O[C@H]21. The van der Waals surface area contributed by atoms with Crippen molar-refractivity contribution in [1.29, 1.82) is 0 Å². The summed E-state index contributed by atoms with van der Waals surface area (Å²) in [6.45, 7) is 3.88. The second-order valence-corrected chi connectivity index (χ2v) is 10.4. The van der Waals surface area contributed by atoms with Gasteiger partial charge < -0.3 is 27.0 Å². The van der Waals surface area contributed by atoms with Crippen molar-refractivity contribution in [1.82, 2.24) is 19.5 Å². The largest absolute Gasteiger partial charge is 0.480 e. The van der Waals surface area contributed by atoms with E-state index in [1.54, 1.807) is 7.11 Å². The van der Waals surface area contributed by atoms with Crippen LogP contribution in [0.4, 0.5) is 5.82 Å². The molecule has 0 radical (unpaired) electrons. The Labute approximate surface area is 226 Å². The molecule has 1 aromatic carbocycles. The van der Waals surface area contributed by atoms with Crippen LogP contribution >= 0.6 is 34.5 Å². The van der Waals surface area contributed by atoms with Gasteiger partial charge >= 0.3 is 0 Å². The molecule has 11 heteroatoms. The first-order valence-electron chi connectivity index (χ1n) is 11.7. The average Bonchev–Trinajstić information content (AvgIpc) is 3.52. The predicted octanol–water partition coefficient (Wildman–Crippen LogP) is 5.45. The smallest absolute Gasteiger partial charge is 0.225 e. The van der Waals surface area contributed by atoms with Crippen LogP contribution in [-0.2, 0) is 20.6 Å². The number of aromatic nitrogens is 4. The number of hydrogen-bond acceptors (Lipinski definition) is 8. The van der Waals surface area contributed by atoms with E-state index in [0.717, 1.165) is 34.8 Å². The number of methoxy groups -OCH3 is 1. The molecule has 3 aromatic heterocycles. The van der Waals surface area contributed by atoms with Gasteiger partial charge in [-0.05, 0) is 50.5 Å². The summed E-state index contributed by atoms with van der Waals surface area (Å²) in [7, 11) is 1.60. The van der Waals surface area contributed by atoms with E-state index in [1.165, 1.54) is 11.9 Å². The first kappa shape index (κ1) is 24.1. The van der Waals surface area contributed by atoms with Crippen LogP contribution in [-0.4, -0.2) is 50.7 Å². The van der Waals surface area contributed by atoms with Gasteiger partial charge in [-0.15, -0.1) is 0 Å². The first-order chi connectivity index (χ1) is 17.4. The number of halogens is 2. The van der Waals surface area contributed by atoms with Crippen molar-refractivity contribution in [3.05, 3.63) is 53.4 Å². The molecule has 36 heavy (non-hydrogen) atoms. The zero-order valence-electron chi connectivity index (χ0n) is 19.9. The second-order valence-electron chi connectivity index (χ2n) is 9.45. The van der Waals surface area contributed by atoms with Gasteiger partial charge in [-0.2, -0.15) is 0 Å². The Morgan fingerprint density at radius 2 is 2.00 bits per heavy atom. The summed E-state index contributed by atoms with van der Waals surface area (Å²) in [6.07, 6.45) is 4.03. The van der Waals surface area contributed by atoms with E-state index in [9.17, 15) is 0 Å². The topological polar surface area (TPSA) is 92.6 Å². The normalized spacial score (nSPS) is 24.9. The van der Waals surface area contributed by atoms with Crippen LogP contribution in [0.15, 0.2) is 42.9 Å². The summed E-state index contributed by atoms with van der Waals surface area (Å²) >= 11 is 8.32. The molecular formula is C25H25ClIN5O4. The Kier molecular flexibility index (Phi) is 6.19. The summed E-state index contributed by atoms with van der Waals surface area (Å²) in [6, 6.07) is 10.1. The number of hydrogen-bond donors (Lipinski definition) is 1. The molecule has 2 aliphatic heterocycles. The van der Waals surface area contributed by atoms with Crippen LogP contribution in [0.3, 0.4) is 0 Å². The van der Waals surface area contributed by atoms with E-state index in [1.807, 2.05) is 59.6 Å². The highest BCUT2D eigenvalue weighted by Crippen LogP contribution is 2.45. The van der Waals surface area contributed by atoms with Crippen LogP contribution in [0.25, 0.3) is 21.9 Å². The molecule has 0 unspecified atom stereocenters. The third-order valence-electron chi connectivity index (χ3n) is 6.71. The number of ether oxygens (including phenoxy) is 4. The van der Waals surface area contributed by atoms with E-state index < -0.39 is 5.79 Å². The zero-order valence-corrected chi connectivity index (χ0v) is 22.9. The predicted molar refractivity (Wildman–Crippen MR) is 145 cm³/mol. The maximum absolute atomic E-state index is 6.58. The van der Waals surface area contributed by atoms with Gasteiger partial charge in [-0.3, -0.25) is 0 Å². The fraction of sp³-hybridized carbons (Fsp3) is 0.400. The summed E-state index contributed by atoms with van der Waals surface area (Å²) in [5.41, 5.74) is 2.80. The van der Waals surface area contributed by atoms with Gasteiger partial charge in [0.15, 0.2) is 17.8 Å². The summed E-state index contributed by atoms with van der Waals surface area (Å²) < 4.78 is 29.6. The fourth-order valence-corrected chi connectivity index (χ4v) is 5.93. The van der Waals surface area contributed by atoms with Crippen LogP contribution < -0.4 is 8.27 Å². The van der Waals surface area contributed by atoms with Crippen LogP contribution in [0.5, 0.6) is 5.88 Å². The maximum Gasteiger partial charge on any atom is 0.225 e. The highest BCUT2D eigenvalue weighted by molar-refractivity contribution is 14.1. The molecule has 2 fully saturated rings. The Bertz CT molecular complexity index is 1450. The number of pyridine rings is 1. The zero-order chi connectivity index (χ0) is 25.0. The van der Waals surface area contributed by atoms with Gasteiger partial charge in [-0.1, -0.05) is 23.7 Å². The maximum atomic E-state index is 6.58. The van der Waals surface area contributed by atoms with Gasteiger partial charge in [0, 0.05) is 11.6 Å². The number of nitrogens with zero attached hydrogens (tertiary/aromatic N) is 4. The van der Waals surface area contributed by atoms with Gasteiger partial charge in [0.25, 0.3) is 0 Å². The van der Waals surface area contributed by atoms with Crippen molar-refractivity contribution in [2.75, 3.05) is 10.6 Å². The fourth-order valence-electron chi connectivity index (χ4n) is 5.15. The molecule has 0 bridgehead atoms. The Morgan fingerprint density at radius 3 is 2.81 bits per heavy atom. The lowest BCUT2D eigenvalue weighted by atomic mass is 10.0. The van der Waals surface area contributed by atoms with Gasteiger partial charge in [-0.25, -0.2) is 15.0 Å². The van der Waals surface area contributed by atoms with E-state index in [2.05, 4.69) is 36.7 Å². The minimum absolute atomic E-state index is 0.150. The average molecular weight is 622 g/mol. The number of anilines is 1. The van der Waals surface area contributed by atoms with Crippen molar-refractivity contribution >= 4 is 62.2 Å². The third-order valence-corrected chi connectivity index (χ3v) is 7.51. The quantitative estimate of drug-likeness (QED) is 0.224. The van der Waals surface area contributed by atoms with Gasteiger partial charge in [0.1, 0.15) is 24.2 Å². The molecule has 0 saturated carbocycles. The molecule has 4 aromatic rings. The van der Waals surface area contributed by atoms with Crippen molar-refractivity contribution in [3.63, 3.8) is 0 Å². The number of aryl methyl sites for hydroxylation is 1. The molecule has 188 valence electrons. The minimum atomic E-state index is -0.694. The Hall–Kier alpha value is -2.25. The summed E-state index contributed by atoms with van der Waals surface area (Å²) in [5.74, 6) is 0.492. The van der Waals surface area contributed by atoms with Crippen molar-refractivity contribution in [2.45, 2.75) is 57.0 Å². The number of fused-ring (bicyclic) bond motifs is 3. The molecule has 2 saturated heterocycles. The van der Waals surface area contributed by atoms with Gasteiger partial charge in [0.05, 0.1) is 52.0 Å². The molecule has 9 nitrogen and oxygen atoms in total. The molecule has 2 aliphatic rings. The van der Waals surface area contributed by atoms with E-state index in [0.29, 0.717) is 16.7 Å². The van der Waals surface area contributed by atoms with Crippen molar-refractivity contribution in [3.8, 4) is 5.88 Å². The Balaban J connectivity index is 1.26.